The minimum absolute atomic E-state index is 0.298. The van der Waals surface area contributed by atoms with Gasteiger partial charge in [-0.05, 0) is 30.5 Å². The number of carboxylic acid groups (broad SMARTS) is 1. The molecule has 1 aromatic rings. The summed E-state index contributed by atoms with van der Waals surface area (Å²) in [6.45, 7) is 5.91. The van der Waals surface area contributed by atoms with E-state index < -0.39 is 23.2 Å². The van der Waals surface area contributed by atoms with Gasteiger partial charge in [0.15, 0.2) is 0 Å². The van der Waals surface area contributed by atoms with Crippen LogP contribution < -0.4 is 10.1 Å². The maximum atomic E-state index is 12.2. The number of nitrogens with one attached hydrogen (secondary N) is 1. The SMILES string of the molecule is CCOc1ccc(NC(=O)C2C(C(=O)O)C2(C)C)cc1Cl. The highest BCUT2D eigenvalue weighted by atomic mass is 35.5. The van der Waals surface area contributed by atoms with Crippen molar-refractivity contribution < 1.29 is 19.4 Å². The number of benzene rings is 1. The molecule has 2 atom stereocenters. The standard InChI is InChI=1S/C15H18ClNO4/c1-4-21-10-6-5-8(7-9(10)16)17-13(18)11-12(14(19)20)15(11,2)3/h5-7,11-12H,4H2,1-3H3,(H,17,18)(H,19,20). The van der Waals surface area contributed by atoms with Crippen molar-refractivity contribution in [3.8, 4) is 5.75 Å². The van der Waals surface area contributed by atoms with Crippen molar-refractivity contribution in [2.24, 2.45) is 17.3 Å². The normalized spacial score (nSPS) is 22.5. The summed E-state index contributed by atoms with van der Waals surface area (Å²) in [6, 6.07) is 4.95. The number of hydrogen-bond acceptors (Lipinski definition) is 3. The maximum absolute atomic E-state index is 12.2. The van der Waals surface area contributed by atoms with E-state index in [4.69, 9.17) is 21.4 Å². The summed E-state index contributed by atoms with van der Waals surface area (Å²) in [5.74, 6) is -1.86. The molecule has 1 saturated carbocycles. The number of carboxylic acids is 1. The van der Waals surface area contributed by atoms with Crippen molar-refractivity contribution in [2.75, 3.05) is 11.9 Å². The molecule has 2 N–H and O–H groups in total. The van der Waals surface area contributed by atoms with Crippen LogP contribution in [0.15, 0.2) is 18.2 Å². The lowest BCUT2D eigenvalue weighted by Gasteiger charge is -2.09. The second-order valence-electron chi connectivity index (χ2n) is 5.68. The van der Waals surface area contributed by atoms with Gasteiger partial charge in [-0.1, -0.05) is 25.4 Å². The van der Waals surface area contributed by atoms with Crippen LogP contribution in [0.25, 0.3) is 0 Å². The second-order valence-corrected chi connectivity index (χ2v) is 6.09. The van der Waals surface area contributed by atoms with Crippen LogP contribution in [0.2, 0.25) is 5.02 Å². The number of ether oxygens (including phenoxy) is 1. The molecule has 0 saturated heterocycles. The van der Waals surface area contributed by atoms with Crippen molar-refractivity contribution >= 4 is 29.2 Å². The predicted molar refractivity (Wildman–Crippen MR) is 79.6 cm³/mol. The van der Waals surface area contributed by atoms with E-state index in [1.165, 1.54) is 0 Å². The number of hydrogen-bond donors (Lipinski definition) is 2. The van der Waals surface area contributed by atoms with E-state index in [-0.39, 0.29) is 5.91 Å². The van der Waals surface area contributed by atoms with E-state index in [1.54, 1.807) is 32.0 Å². The first kappa shape index (κ1) is 15.6. The molecule has 2 rings (SSSR count). The molecule has 2 unspecified atom stereocenters. The summed E-state index contributed by atoms with van der Waals surface area (Å²) < 4.78 is 5.32. The summed E-state index contributed by atoms with van der Waals surface area (Å²) in [5.41, 5.74) is 0.00520. The number of carbonyl (C=O) groups excluding carboxylic acids is 1. The zero-order chi connectivity index (χ0) is 15.8. The molecule has 1 aliphatic carbocycles. The van der Waals surface area contributed by atoms with Crippen LogP contribution in [-0.4, -0.2) is 23.6 Å². The van der Waals surface area contributed by atoms with E-state index in [0.717, 1.165) is 0 Å². The summed E-state index contributed by atoms with van der Waals surface area (Å²) in [4.78, 5) is 23.3. The van der Waals surface area contributed by atoms with Crippen LogP contribution in [-0.2, 0) is 9.59 Å². The van der Waals surface area contributed by atoms with E-state index in [1.807, 2.05) is 6.92 Å². The summed E-state index contributed by atoms with van der Waals surface area (Å²) in [7, 11) is 0. The Morgan fingerprint density at radius 3 is 2.52 bits per heavy atom. The molecule has 0 spiro atoms. The molecule has 0 aromatic heterocycles. The van der Waals surface area contributed by atoms with Crippen LogP contribution in [0.5, 0.6) is 5.75 Å². The lowest BCUT2D eigenvalue weighted by molar-refractivity contribution is -0.140. The van der Waals surface area contributed by atoms with Gasteiger partial charge in [0, 0.05) is 5.69 Å². The minimum atomic E-state index is -0.940. The molecule has 0 bridgehead atoms. The zero-order valence-electron chi connectivity index (χ0n) is 12.1. The van der Waals surface area contributed by atoms with Crippen LogP contribution >= 0.6 is 11.6 Å². The van der Waals surface area contributed by atoms with Crippen molar-refractivity contribution in [1.82, 2.24) is 0 Å². The lowest BCUT2D eigenvalue weighted by Crippen LogP contribution is -2.17. The predicted octanol–water partition coefficient (Wildman–Crippen LogP) is 3.03. The van der Waals surface area contributed by atoms with Crippen LogP contribution in [0.4, 0.5) is 5.69 Å². The quantitative estimate of drug-likeness (QED) is 0.876. The first-order chi connectivity index (χ1) is 9.78. The van der Waals surface area contributed by atoms with Gasteiger partial charge in [-0.2, -0.15) is 0 Å². The topological polar surface area (TPSA) is 75.6 Å². The number of halogens is 1. The highest BCUT2D eigenvalue weighted by Gasteiger charge is 2.65. The molecule has 5 nitrogen and oxygen atoms in total. The van der Waals surface area contributed by atoms with Crippen molar-refractivity contribution in [3.63, 3.8) is 0 Å². The fourth-order valence-electron chi connectivity index (χ4n) is 2.66. The second kappa shape index (κ2) is 5.56. The van der Waals surface area contributed by atoms with Crippen molar-refractivity contribution in [1.29, 1.82) is 0 Å². The molecule has 0 aliphatic heterocycles. The average molecular weight is 312 g/mol. The van der Waals surface area contributed by atoms with Crippen molar-refractivity contribution in [2.45, 2.75) is 20.8 Å². The zero-order valence-corrected chi connectivity index (χ0v) is 12.9. The molecule has 0 heterocycles. The number of rotatable bonds is 5. The minimum Gasteiger partial charge on any atom is -0.492 e. The third-order valence-corrected chi connectivity index (χ3v) is 4.17. The Morgan fingerprint density at radius 1 is 1.38 bits per heavy atom. The van der Waals surface area contributed by atoms with E-state index in [0.29, 0.717) is 23.1 Å². The molecule has 114 valence electrons. The van der Waals surface area contributed by atoms with Gasteiger partial charge in [-0.15, -0.1) is 0 Å². The smallest absolute Gasteiger partial charge is 0.307 e. The Labute approximate surface area is 128 Å². The third-order valence-electron chi connectivity index (χ3n) is 3.88. The molecule has 0 radical (unpaired) electrons. The van der Waals surface area contributed by atoms with Gasteiger partial charge in [0.2, 0.25) is 5.91 Å². The first-order valence-corrected chi connectivity index (χ1v) is 7.12. The monoisotopic (exact) mass is 311 g/mol. The first-order valence-electron chi connectivity index (χ1n) is 6.75. The third kappa shape index (κ3) is 2.97. The van der Waals surface area contributed by atoms with Gasteiger partial charge >= 0.3 is 5.97 Å². The van der Waals surface area contributed by atoms with Crippen LogP contribution in [0, 0.1) is 17.3 Å². The number of carbonyl (C=O) groups is 2. The fraction of sp³-hybridized carbons (Fsp3) is 0.467. The Bertz CT molecular complexity index is 585. The highest BCUT2D eigenvalue weighted by Crippen LogP contribution is 2.58. The largest absolute Gasteiger partial charge is 0.492 e. The maximum Gasteiger partial charge on any atom is 0.307 e. The molecular formula is C15H18ClNO4. The number of anilines is 1. The van der Waals surface area contributed by atoms with Crippen molar-refractivity contribution in [3.05, 3.63) is 23.2 Å². The Kier molecular flexibility index (Phi) is 4.14. The van der Waals surface area contributed by atoms with E-state index in [9.17, 15) is 9.59 Å². The number of amides is 1. The van der Waals surface area contributed by atoms with Gasteiger partial charge in [0.05, 0.1) is 23.5 Å². The Hall–Kier alpha value is -1.75. The molecule has 21 heavy (non-hydrogen) atoms. The molecule has 6 heteroatoms. The molecule has 1 aromatic carbocycles. The number of aliphatic carboxylic acids is 1. The van der Waals surface area contributed by atoms with Crippen LogP contribution in [0.3, 0.4) is 0 Å². The van der Waals surface area contributed by atoms with Gasteiger partial charge in [-0.3, -0.25) is 9.59 Å². The average Bonchev–Trinajstić information content (AvgIpc) is 2.96. The van der Waals surface area contributed by atoms with Gasteiger partial charge in [0.1, 0.15) is 5.75 Å². The molecule has 1 fully saturated rings. The van der Waals surface area contributed by atoms with Crippen LogP contribution in [0.1, 0.15) is 20.8 Å². The summed E-state index contributed by atoms with van der Waals surface area (Å²) in [6.07, 6.45) is 0. The Morgan fingerprint density at radius 2 is 2.05 bits per heavy atom. The summed E-state index contributed by atoms with van der Waals surface area (Å²) in [5, 5.41) is 12.2. The molecule has 1 amide bonds. The summed E-state index contributed by atoms with van der Waals surface area (Å²) >= 11 is 6.05. The fourth-order valence-corrected chi connectivity index (χ4v) is 2.89. The molecular weight excluding hydrogens is 294 g/mol. The van der Waals surface area contributed by atoms with Gasteiger partial charge < -0.3 is 15.2 Å². The van der Waals surface area contributed by atoms with E-state index in [2.05, 4.69) is 5.32 Å². The van der Waals surface area contributed by atoms with Gasteiger partial charge in [-0.25, -0.2) is 0 Å². The highest BCUT2D eigenvalue weighted by molar-refractivity contribution is 6.32. The molecule has 1 aliphatic rings. The van der Waals surface area contributed by atoms with Gasteiger partial charge in [0.25, 0.3) is 0 Å². The Balaban J connectivity index is 2.07. The lowest BCUT2D eigenvalue weighted by atomic mass is 10.1. The van der Waals surface area contributed by atoms with E-state index >= 15 is 0 Å².